The van der Waals surface area contributed by atoms with E-state index in [9.17, 15) is 0 Å². The molecule has 1 aliphatic rings. The zero-order valence-corrected chi connectivity index (χ0v) is 6.86. The number of benzene rings is 1. The summed E-state index contributed by atoms with van der Waals surface area (Å²) in [6.07, 6.45) is 3.03. The maximum absolute atomic E-state index is 8.64. The molecule has 1 aliphatic carbocycles. The summed E-state index contributed by atoms with van der Waals surface area (Å²) in [5.41, 5.74) is 2.45. The van der Waals surface area contributed by atoms with E-state index < -0.39 is 0 Å². The highest BCUT2D eigenvalue weighted by Gasteiger charge is 2.19. The van der Waals surface area contributed by atoms with Crippen LogP contribution in [0.2, 0.25) is 0 Å². The van der Waals surface area contributed by atoms with Gasteiger partial charge < -0.3 is 0 Å². The molecule has 2 heteroatoms. The van der Waals surface area contributed by atoms with Crippen LogP contribution in [-0.2, 0) is 11.3 Å². The Balaban J connectivity index is 2.37. The lowest BCUT2D eigenvalue weighted by Crippen LogP contribution is -2.10. The van der Waals surface area contributed by atoms with E-state index in [1.807, 2.05) is 18.2 Å². The molecule has 0 aromatic heterocycles. The maximum atomic E-state index is 8.64. The first-order chi connectivity index (χ1) is 5.92. The van der Waals surface area contributed by atoms with Gasteiger partial charge >= 0.3 is 0 Å². The van der Waals surface area contributed by atoms with Crippen molar-refractivity contribution in [2.75, 3.05) is 0 Å². The predicted octanol–water partition coefficient (Wildman–Crippen LogP) is 2.55. The fourth-order valence-corrected chi connectivity index (χ4v) is 1.82. The zero-order valence-electron chi connectivity index (χ0n) is 6.86. The fourth-order valence-electron chi connectivity index (χ4n) is 1.82. The van der Waals surface area contributed by atoms with E-state index in [1.165, 1.54) is 5.56 Å². The van der Waals surface area contributed by atoms with Crippen LogP contribution in [0.25, 0.3) is 0 Å². The van der Waals surface area contributed by atoms with Gasteiger partial charge in [0.15, 0.2) is 0 Å². The molecule has 1 N–H and O–H groups in total. The standard InChI is InChI=1S/C10H12O2/c11-12-10-7-3-5-8-4-1-2-6-9(8)10/h1-2,4,6,10-11H,3,5,7H2/t10-/m0/s1. The minimum Gasteiger partial charge on any atom is -0.251 e. The lowest BCUT2D eigenvalue weighted by atomic mass is 9.90. The van der Waals surface area contributed by atoms with Crippen LogP contribution in [-0.4, -0.2) is 5.26 Å². The van der Waals surface area contributed by atoms with Crippen molar-refractivity contribution in [3.8, 4) is 0 Å². The van der Waals surface area contributed by atoms with Crippen LogP contribution in [0.4, 0.5) is 0 Å². The quantitative estimate of drug-likeness (QED) is 0.510. The normalized spacial score (nSPS) is 21.9. The molecule has 1 atom stereocenters. The van der Waals surface area contributed by atoms with Crippen LogP contribution in [0.1, 0.15) is 30.1 Å². The number of fused-ring (bicyclic) bond motifs is 1. The van der Waals surface area contributed by atoms with E-state index in [1.54, 1.807) is 0 Å². The van der Waals surface area contributed by atoms with Crippen LogP contribution in [0.15, 0.2) is 24.3 Å². The molecular formula is C10H12O2. The average molecular weight is 164 g/mol. The molecule has 64 valence electrons. The third-order valence-electron chi connectivity index (χ3n) is 2.44. The van der Waals surface area contributed by atoms with E-state index in [-0.39, 0.29) is 6.10 Å². The number of hydrogen-bond donors (Lipinski definition) is 1. The highest BCUT2D eigenvalue weighted by molar-refractivity contribution is 5.30. The van der Waals surface area contributed by atoms with Crippen LogP contribution < -0.4 is 0 Å². The minimum absolute atomic E-state index is 0.102. The molecule has 0 aliphatic heterocycles. The van der Waals surface area contributed by atoms with Gasteiger partial charge in [-0.25, -0.2) is 4.89 Å². The van der Waals surface area contributed by atoms with Crippen molar-refractivity contribution < 1.29 is 10.1 Å². The topological polar surface area (TPSA) is 29.5 Å². The van der Waals surface area contributed by atoms with Gasteiger partial charge in [0.2, 0.25) is 0 Å². The SMILES string of the molecule is OO[C@H]1CCCc2ccccc21. The number of aryl methyl sites for hydroxylation is 1. The molecule has 0 bridgehead atoms. The molecule has 2 nitrogen and oxygen atoms in total. The van der Waals surface area contributed by atoms with Crippen molar-refractivity contribution in [3.63, 3.8) is 0 Å². The molecule has 0 fully saturated rings. The fraction of sp³-hybridized carbons (Fsp3) is 0.400. The van der Waals surface area contributed by atoms with Crippen molar-refractivity contribution in [3.05, 3.63) is 35.4 Å². The van der Waals surface area contributed by atoms with Crippen molar-refractivity contribution >= 4 is 0 Å². The second-order valence-electron chi connectivity index (χ2n) is 3.19. The highest BCUT2D eigenvalue weighted by atomic mass is 17.1. The van der Waals surface area contributed by atoms with Crippen molar-refractivity contribution in [1.29, 1.82) is 0 Å². The van der Waals surface area contributed by atoms with Crippen LogP contribution in [0, 0.1) is 0 Å². The molecule has 0 saturated carbocycles. The summed E-state index contributed by atoms with van der Waals surface area (Å²) in [4.78, 5) is 4.42. The summed E-state index contributed by atoms with van der Waals surface area (Å²) in [7, 11) is 0. The summed E-state index contributed by atoms with van der Waals surface area (Å²) < 4.78 is 0. The first kappa shape index (κ1) is 7.77. The Labute approximate surface area is 71.7 Å². The van der Waals surface area contributed by atoms with Crippen LogP contribution in [0.3, 0.4) is 0 Å². The van der Waals surface area contributed by atoms with Crippen molar-refractivity contribution in [2.45, 2.75) is 25.4 Å². The lowest BCUT2D eigenvalue weighted by Gasteiger charge is -2.22. The van der Waals surface area contributed by atoms with Gasteiger partial charge in [-0.1, -0.05) is 24.3 Å². The Bertz CT molecular complexity index is 270. The molecule has 1 aromatic carbocycles. The largest absolute Gasteiger partial charge is 0.251 e. The Hall–Kier alpha value is -0.860. The van der Waals surface area contributed by atoms with Crippen LogP contribution in [0.5, 0.6) is 0 Å². The molecule has 1 aromatic rings. The van der Waals surface area contributed by atoms with Gasteiger partial charge in [0, 0.05) is 0 Å². The summed E-state index contributed by atoms with van der Waals surface area (Å²) in [5, 5.41) is 8.64. The molecule has 0 saturated heterocycles. The highest BCUT2D eigenvalue weighted by Crippen LogP contribution is 2.31. The molecule has 12 heavy (non-hydrogen) atoms. The molecule has 0 radical (unpaired) electrons. The molecule has 0 unspecified atom stereocenters. The van der Waals surface area contributed by atoms with Gasteiger partial charge in [-0.15, -0.1) is 0 Å². The summed E-state index contributed by atoms with van der Waals surface area (Å²) in [5.74, 6) is 0. The predicted molar refractivity (Wildman–Crippen MR) is 45.8 cm³/mol. The van der Waals surface area contributed by atoms with E-state index in [2.05, 4.69) is 11.0 Å². The lowest BCUT2D eigenvalue weighted by molar-refractivity contribution is -0.284. The zero-order chi connectivity index (χ0) is 8.39. The Morgan fingerprint density at radius 3 is 3.00 bits per heavy atom. The molecule has 0 amide bonds. The van der Waals surface area contributed by atoms with E-state index in [0.29, 0.717) is 0 Å². The second-order valence-corrected chi connectivity index (χ2v) is 3.19. The average Bonchev–Trinajstić information content (AvgIpc) is 2.17. The first-order valence-corrected chi connectivity index (χ1v) is 4.30. The van der Waals surface area contributed by atoms with Gasteiger partial charge in [-0.05, 0) is 30.4 Å². The van der Waals surface area contributed by atoms with Gasteiger partial charge in [-0.2, -0.15) is 0 Å². The van der Waals surface area contributed by atoms with Crippen LogP contribution >= 0.6 is 0 Å². The summed E-state index contributed by atoms with van der Waals surface area (Å²) >= 11 is 0. The van der Waals surface area contributed by atoms with E-state index in [4.69, 9.17) is 5.26 Å². The van der Waals surface area contributed by atoms with Gasteiger partial charge in [0.25, 0.3) is 0 Å². The minimum atomic E-state index is -0.102. The third kappa shape index (κ3) is 1.24. The first-order valence-electron chi connectivity index (χ1n) is 4.30. The van der Waals surface area contributed by atoms with Gasteiger partial charge in [0.1, 0.15) is 6.10 Å². The molecule has 0 spiro atoms. The van der Waals surface area contributed by atoms with Crippen molar-refractivity contribution in [2.24, 2.45) is 0 Å². The maximum Gasteiger partial charge on any atom is 0.118 e. The summed E-state index contributed by atoms with van der Waals surface area (Å²) in [6, 6.07) is 8.13. The van der Waals surface area contributed by atoms with E-state index in [0.717, 1.165) is 24.8 Å². The second kappa shape index (κ2) is 3.25. The Morgan fingerprint density at radius 1 is 1.33 bits per heavy atom. The van der Waals surface area contributed by atoms with Crippen molar-refractivity contribution in [1.82, 2.24) is 0 Å². The number of rotatable bonds is 1. The molecule has 0 heterocycles. The Morgan fingerprint density at radius 2 is 2.17 bits per heavy atom. The van der Waals surface area contributed by atoms with Gasteiger partial charge in [-0.3, -0.25) is 5.26 Å². The Kier molecular flexibility index (Phi) is 2.11. The monoisotopic (exact) mass is 164 g/mol. The van der Waals surface area contributed by atoms with Gasteiger partial charge in [0.05, 0.1) is 0 Å². The summed E-state index contributed by atoms with van der Waals surface area (Å²) in [6.45, 7) is 0. The third-order valence-corrected chi connectivity index (χ3v) is 2.44. The smallest absolute Gasteiger partial charge is 0.118 e. The number of hydrogen-bond acceptors (Lipinski definition) is 2. The van der Waals surface area contributed by atoms with E-state index >= 15 is 0 Å². The molecular weight excluding hydrogens is 152 g/mol. The molecule has 2 rings (SSSR count).